The number of hydrogen-bond donors (Lipinski definition) is 1. The van der Waals surface area contributed by atoms with E-state index in [-0.39, 0.29) is 5.92 Å². The third-order valence-corrected chi connectivity index (χ3v) is 2.81. The molecule has 2 nitrogen and oxygen atoms in total. The van der Waals surface area contributed by atoms with Crippen LogP contribution in [-0.2, 0) is 11.3 Å². The molecule has 1 aromatic carbocycles. The Hall–Kier alpha value is -0.930. The fourth-order valence-electron chi connectivity index (χ4n) is 1.75. The molecule has 1 aromatic rings. The molecule has 1 fully saturated rings. The Morgan fingerprint density at radius 2 is 2.07 bits per heavy atom. The van der Waals surface area contributed by atoms with E-state index in [1.807, 2.05) is 30.3 Å². The predicted molar refractivity (Wildman–Crippen MR) is 55.1 cm³/mol. The highest BCUT2D eigenvalue weighted by Crippen LogP contribution is 2.31. The van der Waals surface area contributed by atoms with E-state index in [1.54, 1.807) is 0 Å². The van der Waals surface area contributed by atoms with E-state index in [2.05, 4.69) is 0 Å². The van der Waals surface area contributed by atoms with Gasteiger partial charge in [0.15, 0.2) is 0 Å². The first-order valence-electron chi connectivity index (χ1n) is 5.21. The molecule has 0 heterocycles. The number of rotatable bonds is 4. The van der Waals surface area contributed by atoms with Crippen molar-refractivity contribution in [3.63, 3.8) is 0 Å². The highest BCUT2D eigenvalue weighted by Gasteiger charge is 2.40. The van der Waals surface area contributed by atoms with Crippen LogP contribution < -0.4 is 0 Å². The van der Waals surface area contributed by atoms with Gasteiger partial charge < -0.3 is 9.84 Å². The molecule has 3 heteroatoms. The minimum absolute atomic E-state index is 0.122. The van der Waals surface area contributed by atoms with Gasteiger partial charge in [0.25, 0.3) is 0 Å². The third-order valence-electron chi connectivity index (χ3n) is 2.81. The van der Waals surface area contributed by atoms with E-state index in [9.17, 15) is 4.39 Å². The molecule has 0 aliphatic heterocycles. The number of benzene rings is 1. The Bertz CT molecular complexity index is 302. The Kier molecular flexibility index (Phi) is 3.34. The average molecular weight is 210 g/mol. The van der Waals surface area contributed by atoms with Crippen molar-refractivity contribution in [1.29, 1.82) is 0 Å². The van der Waals surface area contributed by atoms with Crippen LogP contribution in [0.3, 0.4) is 0 Å². The summed E-state index contributed by atoms with van der Waals surface area (Å²) in [4.78, 5) is 0. The van der Waals surface area contributed by atoms with Crippen LogP contribution in [0.4, 0.5) is 4.39 Å². The van der Waals surface area contributed by atoms with E-state index < -0.39 is 12.3 Å². The van der Waals surface area contributed by atoms with Crippen molar-refractivity contribution < 1.29 is 14.2 Å². The molecular weight excluding hydrogens is 195 g/mol. The van der Waals surface area contributed by atoms with Gasteiger partial charge in [-0.05, 0) is 12.0 Å². The van der Waals surface area contributed by atoms with Crippen molar-refractivity contribution in [3.8, 4) is 0 Å². The minimum Gasteiger partial charge on any atom is -0.390 e. The van der Waals surface area contributed by atoms with E-state index >= 15 is 0 Å². The summed E-state index contributed by atoms with van der Waals surface area (Å²) in [6.45, 7) is 0.910. The van der Waals surface area contributed by atoms with E-state index in [4.69, 9.17) is 9.84 Å². The van der Waals surface area contributed by atoms with Gasteiger partial charge in [0.2, 0.25) is 0 Å². The normalized spacial score (nSPS) is 29.9. The molecular formula is C12H15FO2. The molecule has 0 aromatic heterocycles. The molecule has 0 radical (unpaired) electrons. The quantitative estimate of drug-likeness (QED) is 0.822. The summed E-state index contributed by atoms with van der Waals surface area (Å²) < 4.78 is 18.4. The zero-order valence-electron chi connectivity index (χ0n) is 8.47. The molecule has 1 N–H and O–H groups in total. The van der Waals surface area contributed by atoms with Crippen LogP contribution in [0.25, 0.3) is 0 Å². The van der Waals surface area contributed by atoms with Crippen molar-refractivity contribution in [2.45, 2.75) is 25.3 Å². The van der Waals surface area contributed by atoms with Gasteiger partial charge in [-0.3, -0.25) is 0 Å². The first kappa shape index (κ1) is 10.6. The molecule has 0 saturated heterocycles. The van der Waals surface area contributed by atoms with Crippen molar-refractivity contribution >= 4 is 0 Å². The summed E-state index contributed by atoms with van der Waals surface area (Å²) in [5, 5.41) is 8.97. The second-order valence-corrected chi connectivity index (χ2v) is 4.01. The lowest BCUT2D eigenvalue weighted by atomic mass is 9.81. The molecule has 1 aliphatic carbocycles. The minimum atomic E-state index is -1.10. The Balaban J connectivity index is 1.68. The van der Waals surface area contributed by atoms with Crippen LogP contribution in [0.5, 0.6) is 0 Å². The number of hydrogen-bond acceptors (Lipinski definition) is 2. The molecule has 0 spiro atoms. The number of ether oxygens (including phenoxy) is 1. The molecule has 1 aliphatic rings. The summed E-state index contributed by atoms with van der Waals surface area (Å²) in [5.74, 6) is -0.122. The molecule has 2 rings (SSSR count). The third kappa shape index (κ3) is 2.55. The predicted octanol–water partition coefficient (Wildman–Crippen LogP) is 1.92. The van der Waals surface area contributed by atoms with Crippen LogP contribution in [0.1, 0.15) is 12.0 Å². The maximum atomic E-state index is 13.0. The van der Waals surface area contributed by atoms with Crippen molar-refractivity contribution in [2.24, 2.45) is 5.92 Å². The van der Waals surface area contributed by atoms with Gasteiger partial charge in [-0.25, -0.2) is 4.39 Å². The van der Waals surface area contributed by atoms with Crippen LogP contribution in [0.2, 0.25) is 0 Å². The fraction of sp³-hybridized carbons (Fsp3) is 0.500. The van der Waals surface area contributed by atoms with Crippen LogP contribution in [-0.4, -0.2) is 24.0 Å². The Morgan fingerprint density at radius 3 is 2.67 bits per heavy atom. The second kappa shape index (κ2) is 4.73. The van der Waals surface area contributed by atoms with Gasteiger partial charge in [0.1, 0.15) is 6.17 Å². The number of halogens is 1. The van der Waals surface area contributed by atoms with Gasteiger partial charge in [0.05, 0.1) is 19.3 Å². The maximum Gasteiger partial charge on any atom is 0.131 e. The summed E-state index contributed by atoms with van der Waals surface area (Å²) in [7, 11) is 0. The average Bonchev–Trinajstić information content (AvgIpc) is 2.29. The van der Waals surface area contributed by atoms with Crippen LogP contribution in [0.15, 0.2) is 30.3 Å². The van der Waals surface area contributed by atoms with Gasteiger partial charge in [-0.2, -0.15) is 0 Å². The second-order valence-electron chi connectivity index (χ2n) is 4.01. The summed E-state index contributed by atoms with van der Waals surface area (Å²) in [5.41, 5.74) is 1.09. The summed E-state index contributed by atoms with van der Waals surface area (Å²) in [6.07, 6.45) is -1.34. The van der Waals surface area contributed by atoms with Gasteiger partial charge in [-0.1, -0.05) is 30.3 Å². The number of aliphatic hydroxyl groups excluding tert-OH is 1. The van der Waals surface area contributed by atoms with Crippen LogP contribution in [0, 0.1) is 5.92 Å². The highest BCUT2D eigenvalue weighted by atomic mass is 19.1. The monoisotopic (exact) mass is 210 g/mol. The number of aliphatic hydroxyl groups is 1. The first-order valence-corrected chi connectivity index (χ1v) is 5.21. The summed E-state index contributed by atoms with van der Waals surface area (Å²) >= 11 is 0. The highest BCUT2D eigenvalue weighted by molar-refractivity contribution is 5.13. The van der Waals surface area contributed by atoms with Crippen molar-refractivity contribution in [1.82, 2.24) is 0 Å². The van der Waals surface area contributed by atoms with Crippen LogP contribution >= 0.6 is 0 Å². The molecule has 1 saturated carbocycles. The zero-order valence-corrected chi connectivity index (χ0v) is 8.47. The van der Waals surface area contributed by atoms with Crippen molar-refractivity contribution in [3.05, 3.63) is 35.9 Å². The van der Waals surface area contributed by atoms with Gasteiger partial charge >= 0.3 is 0 Å². The first-order chi connectivity index (χ1) is 7.27. The Labute approximate surface area is 88.7 Å². The maximum absolute atomic E-state index is 13.0. The smallest absolute Gasteiger partial charge is 0.131 e. The lowest BCUT2D eigenvalue weighted by Gasteiger charge is -2.35. The van der Waals surface area contributed by atoms with E-state index in [1.165, 1.54) is 0 Å². The molecule has 15 heavy (non-hydrogen) atoms. The lowest BCUT2D eigenvalue weighted by Crippen LogP contribution is -2.45. The SMILES string of the molecule is OC1CC(COCc2ccccc2)C1F. The largest absolute Gasteiger partial charge is 0.390 e. The summed E-state index contributed by atoms with van der Waals surface area (Å²) in [6, 6.07) is 9.79. The molecule has 0 amide bonds. The molecule has 82 valence electrons. The standard InChI is InChI=1S/C12H15FO2/c13-12-10(6-11(12)14)8-15-7-9-4-2-1-3-5-9/h1-5,10-12,14H,6-8H2. The fourth-order valence-corrected chi connectivity index (χ4v) is 1.75. The topological polar surface area (TPSA) is 29.5 Å². The van der Waals surface area contributed by atoms with Gasteiger partial charge in [0, 0.05) is 5.92 Å². The van der Waals surface area contributed by atoms with Crippen molar-refractivity contribution in [2.75, 3.05) is 6.61 Å². The van der Waals surface area contributed by atoms with E-state index in [0.29, 0.717) is 19.6 Å². The Morgan fingerprint density at radius 1 is 1.33 bits per heavy atom. The van der Waals surface area contributed by atoms with E-state index in [0.717, 1.165) is 5.56 Å². The molecule has 3 unspecified atom stereocenters. The van der Waals surface area contributed by atoms with Gasteiger partial charge in [-0.15, -0.1) is 0 Å². The lowest BCUT2D eigenvalue weighted by molar-refractivity contribution is -0.0871. The number of alkyl halides is 1. The zero-order chi connectivity index (χ0) is 10.7. The molecule has 0 bridgehead atoms. The molecule has 3 atom stereocenters.